The predicted octanol–water partition coefficient (Wildman–Crippen LogP) is -2.97. The van der Waals surface area contributed by atoms with E-state index < -0.39 is 103 Å². The second-order valence-corrected chi connectivity index (χ2v) is 13.5. The number of rotatable bonds is 22. The maximum atomic E-state index is 13.5. The van der Waals surface area contributed by atoms with E-state index in [9.17, 15) is 48.9 Å². The van der Waals surface area contributed by atoms with Crippen LogP contribution in [-0.4, -0.2) is 123 Å². The Morgan fingerprint density at radius 1 is 0.577 bits per heavy atom. The van der Waals surface area contributed by atoms with Crippen molar-refractivity contribution >= 4 is 41.4 Å². The van der Waals surface area contributed by atoms with Gasteiger partial charge in [-0.2, -0.15) is 0 Å². The highest BCUT2D eigenvalue weighted by molar-refractivity contribution is 5.97. The topological polar surface area (TPSA) is 299 Å². The van der Waals surface area contributed by atoms with Crippen molar-refractivity contribution in [3.8, 4) is 0 Å². The fourth-order valence-electron chi connectivity index (χ4n) is 4.81. The van der Waals surface area contributed by atoms with Crippen LogP contribution in [0.4, 0.5) is 0 Å². The van der Waals surface area contributed by atoms with Gasteiger partial charge in [0.1, 0.15) is 42.3 Å². The molecule has 0 saturated carbocycles. The Kier molecular flexibility index (Phi) is 19.5. The molecule has 8 atom stereocenters. The molecule has 0 unspecified atom stereocenters. The molecule has 1 aromatic rings. The van der Waals surface area contributed by atoms with E-state index in [1.165, 1.54) is 13.8 Å². The van der Waals surface area contributed by atoms with Gasteiger partial charge in [0, 0.05) is 6.42 Å². The van der Waals surface area contributed by atoms with Gasteiger partial charge >= 0.3 is 5.97 Å². The molecule has 0 heterocycles. The highest BCUT2D eigenvalue weighted by atomic mass is 16.4. The fraction of sp³-hybridized carbons (Fsp3) is 0.618. The van der Waals surface area contributed by atoms with Crippen LogP contribution in [0.2, 0.25) is 0 Å². The third-order valence-corrected chi connectivity index (χ3v) is 7.78. The number of carboxylic acids is 1. The molecule has 0 aromatic heterocycles. The molecule has 1 aromatic carbocycles. The van der Waals surface area contributed by atoms with Gasteiger partial charge in [-0.3, -0.25) is 33.6 Å². The van der Waals surface area contributed by atoms with Gasteiger partial charge in [-0.1, -0.05) is 58.0 Å². The maximum absolute atomic E-state index is 13.5. The van der Waals surface area contributed by atoms with Crippen molar-refractivity contribution in [1.82, 2.24) is 31.9 Å². The smallest absolute Gasteiger partial charge is 0.325 e. The average Bonchev–Trinajstić information content (AvgIpc) is 3.07. The molecule has 0 radical (unpaired) electrons. The first-order chi connectivity index (χ1) is 24.3. The van der Waals surface area contributed by atoms with Crippen LogP contribution in [-0.2, 0) is 40.0 Å². The van der Waals surface area contributed by atoms with E-state index >= 15 is 0 Å². The standard InChI is InChI=1S/C34H55N7O11/c1-17(2)12-22(28(45)36-19(5)34(51)52)38-31(48)25(15-42)41-32(49)26(16-43)40-29(46)23(13-18(3)4)37-30(47)24(14-21-10-8-7-9-11-21)39-33(50)27(35)20(6)44/h7-11,17-20,22-27,42-44H,12-16,35H2,1-6H3,(H,36,45)(H,37,47)(H,38,48)(H,39,50)(H,40,46)(H,41,49)(H,51,52)/t19-,20+,22-,23-,24-,25-,26-,27-/m0/s1. The molecule has 0 aliphatic carbocycles. The van der Waals surface area contributed by atoms with Gasteiger partial charge in [0.25, 0.3) is 0 Å². The Morgan fingerprint density at radius 2 is 0.942 bits per heavy atom. The van der Waals surface area contributed by atoms with Crippen molar-refractivity contribution in [2.75, 3.05) is 13.2 Å². The summed E-state index contributed by atoms with van der Waals surface area (Å²) in [6.07, 6.45) is -1.05. The maximum Gasteiger partial charge on any atom is 0.325 e. The molecule has 0 fully saturated rings. The monoisotopic (exact) mass is 737 g/mol. The van der Waals surface area contributed by atoms with Gasteiger partial charge in [0.05, 0.1) is 19.3 Å². The summed E-state index contributed by atoms with van der Waals surface area (Å²) in [5.41, 5.74) is 6.43. The first-order valence-electron chi connectivity index (χ1n) is 17.0. The minimum Gasteiger partial charge on any atom is -0.480 e. The van der Waals surface area contributed by atoms with Crippen molar-refractivity contribution in [2.24, 2.45) is 17.6 Å². The minimum atomic E-state index is -1.66. The Balaban J connectivity index is 3.13. The molecule has 292 valence electrons. The summed E-state index contributed by atoms with van der Waals surface area (Å²) in [7, 11) is 0. The largest absolute Gasteiger partial charge is 0.480 e. The number of aliphatic hydroxyl groups is 3. The van der Waals surface area contributed by atoms with Gasteiger partial charge in [-0.05, 0) is 44.1 Å². The van der Waals surface area contributed by atoms with Crippen LogP contribution in [0.15, 0.2) is 30.3 Å². The number of amides is 6. The molecule has 0 bridgehead atoms. The minimum absolute atomic E-state index is 0.00547. The van der Waals surface area contributed by atoms with Gasteiger partial charge in [0.15, 0.2) is 0 Å². The number of hydrogen-bond donors (Lipinski definition) is 11. The summed E-state index contributed by atoms with van der Waals surface area (Å²) in [5, 5.41) is 53.1. The lowest BCUT2D eigenvalue weighted by Crippen LogP contribution is -2.61. The number of nitrogens with two attached hydrogens (primary N) is 1. The lowest BCUT2D eigenvalue weighted by molar-refractivity contribution is -0.142. The van der Waals surface area contributed by atoms with E-state index in [0.717, 1.165) is 0 Å². The zero-order chi connectivity index (χ0) is 39.7. The number of carbonyl (C=O) groups excluding carboxylic acids is 6. The molecule has 0 spiro atoms. The van der Waals surface area contributed by atoms with Crippen LogP contribution >= 0.6 is 0 Å². The molecule has 12 N–H and O–H groups in total. The number of benzene rings is 1. The number of aliphatic hydroxyl groups excluding tert-OH is 3. The number of carboxylic acid groups (broad SMARTS) is 1. The summed E-state index contributed by atoms with van der Waals surface area (Å²) in [6, 6.07) is -0.920. The van der Waals surface area contributed by atoms with Crippen LogP contribution in [0.25, 0.3) is 0 Å². The van der Waals surface area contributed by atoms with Gasteiger partial charge in [-0.25, -0.2) is 0 Å². The lowest BCUT2D eigenvalue weighted by Gasteiger charge is -2.27. The molecular weight excluding hydrogens is 682 g/mol. The molecule has 0 saturated heterocycles. The molecular formula is C34H55N7O11. The van der Waals surface area contributed by atoms with Crippen molar-refractivity contribution in [3.05, 3.63) is 35.9 Å². The van der Waals surface area contributed by atoms with Crippen molar-refractivity contribution < 1.29 is 54.0 Å². The average molecular weight is 738 g/mol. The Bertz CT molecular complexity index is 1360. The SMILES string of the molecule is CC(C)C[C@H](NC(=O)[C@H](CO)NC(=O)[C@H](CO)NC(=O)[C@H](CC(C)C)NC(=O)[C@H](Cc1ccccc1)NC(=O)[C@@H](N)[C@@H](C)O)C(=O)N[C@@H](C)C(=O)O. The third-order valence-electron chi connectivity index (χ3n) is 7.78. The summed E-state index contributed by atoms with van der Waals surface area (Å²) in [5.74, 6) is -6.91. The number of hydrogen-bond acceptors (Lipinski definition) is 11. The van der Waals surface area contributed by atoms with Crippen LogP contribution in [0, 0.1) is 11.8 Å². The first-order valence-corrected chi connectivity index (χ1v) is 17.0. The third kappa shape index (κ3) is 15.7. The van der Waals surface area contributed by atoms with Crippen molar-refractivity contribution in [2.45, 2.75) is 109 Å². The number of nitrogens with one attached hydrogen (secondary N) is 6. The van der Waals surface area contributed by atoms with Crippen LogP contribution in [0.3, 0.4) is 0 Å². The van der Waals surface area contributed by atoms with Crippen molar-refractivity contribution in [1.29, 1.82) is 0 Å². The zero-order valence-electron chi connectivity index (χ0n) is 30.4. The van der Waals surface area contributed by atoms with Gasteiger partial charge in [0.2, 0.25) is 35.4 Å². The molecule has 1 rings (SSSR count). The van der Waals surface area contributed by atoms with E-state index in [-0.39, 0.29) is 31.1 Å². The number of aliphatic carboxylic acids is 1. The molecule has 0 aliphatic heterocycles. The molecule has 18 heteroatoms. The molecule has 52 heavy (non-hydrogen) atoms. The zero-order valence-corrected chi connectivity index (χ0v) is 30.4. The quantitative estimate of drug-likeness (QED) is 0.0569. The Hall–Kier alpha value is -4.65. The summed E-state index contributed by atoms with van der Waals surface area (Å²) < 4.78 is 0. The molecule has 6 amide bonds. The summed E-state index contributed by atoms with van der Waals surface area (Å²) in [6.45, 7) is 7.72. The van der Waals surface area contributed by atoms with E-state index in [4.69, 9.17) is 10.8 Å². The van der Waals surface area contributed by atoms with Crippen LogP contribution in [0.1, 0.15) is 59.9 Å². The highest BCUT2D eigenvalue weighted by Gasteiger charge is 2.34. The van der Waals surface area contributed by atoms with Crippen LogP contribution in [0.5, 0.6) is 0 Å². The second-order valence-electron chi connectivity index (χ2n) is 13.5. The highest BCUT2D eigenvalue weighted by Crippen LogP contribution is 2.10. The normalized spacial score (nSPS) is 15.8. The Labute approximate surface area is 303 Å². The number of carbonyl (C=O) groups is 7. The van der Waals surface area contributed by atoms with Crippen LogP contribution < -0.4 is 37.6 Å². The summed E-state index contributed by atoms with van der Waals surface area (Å²) >= 11 is 0. The van der Waals surface area contributed by atoms with E-state index in [0.29, 0.717) is 5.56 Å². The lowest BCUT2D eigenvalue weighted by atomic mass is 10.0. The second kappa shape index (κ2) is 22.3. The van der Waals surface area contributed by atoms with Gasteiger partial charge < -0.3 is 58.1 Å². The van der Waals surface area contributed by atoms with E-state index in [1.54, 1.807) is 58.0 Å². The summed E-state index contributed by atoms with van der Waals surface area (Å²) in [4.78, 5) is 89.8. The Morgan fingerprint density at radius 3 is 1.33 bits per heavy atom. The van der Waals surface area contributed by atoms with E-state index in [1.807, 2.05) is 0 Å². The molecule has 18 nitrogen and oxygen atoms in total. The first kappa shape index (κ1) is 45.4. The fourth-order valence-corrected chi connectivity index (χ4v) is 4.81. The predicted molar refractivity (Wildman–Crippen MR) is 188 cm³/mol. The molecule has 0 aliphatic rings. The van der Waals surface area contributed by atoms with E-state index in [2.05, 4.69) is 31.9 Å². The van der Waals surface area contributed by atoms with Crippen molar-refractivity contribution in [3.63, 3.8) is 0 Å². The van der Waals surface area contributed by atoms with Gasteiger partial charge in [-0.15, -0.1) is 0 Å².